The van der Waals surface area contributed by atoms with Gasteiger partial charge in [-0.25, -0.2) is 9.07 Å². The van der Waals surface area contributed by atoms with Crippen LogP contribution in [0.4, 0.5) is 10.2 Å². The molecule has 0 amide bonds. The molecular formula is C13H17FN4O. The highest BCUT2D eigenvalue weighted by Gasteiger charge is 2.15. The number of anilines is 1. The average molecular weight is 264 g/mol. The highest BCUT2D eigenvalue weighted by molar-refractivity contribution is 5.38. The molecule has 102 valence electrons. The molecule has 2 aromatic rings. The molecule has 1 aromatic carbocycles. The summed E-state index contributed by atoms with van der Waals surface area (Å²) in [5, 5.41) is 7.87. The van der Waals surface area contributed by atoms with Gasteiger partial charge in [-0.05, 0) is 24.1 Å². The number of ether oxygens (including phenoxy) is 1. The van der Waals surface area contributed by atoms with E-state index in [9.17, 15) is 4.39 Å². The van der Waals surface area contributed by atoms with E-state index in [2.05, 4.69) is 10.3 Å². The molecule has 0 saturated carbocycles. The maximum Gasteiger partial charge on any atom is 0.169 e. The molecule has 1 aromatic heterocycles. The topological polar surface area (TPSA) is 66.0 Å². The first-order valence-corrected chi connectivity index (χ1v) is 6.04. The van der Waals surface area contributed by atoms with Crippen LogP contribution in [0.25, 0.3) is 0 Å². The lowest BCUT2D eigenvalue weighted by atomic mass is 10.1. The van der Waals surface area contributed by atoms with Crippen LogP contribution < -0.4 is 10.5 Å². The van der Waals surface area contributed by atoms with Crippen molar-refractivity contribution in [3.8, 4) is 5.75 Å². The third-order valence-corrected chi connectivity index (χ3v) is 2.91. The zero-order chi connectivity index (χ0) is 14.0. The van der Waals surface area contributed by atoms with E-state index < -0.39 is 0 Å². The van der Waals surface area contributed by atoms with Gasteiger partial charge in [-0.2, -0.15) is 0 Å². The van der Waals surface area contributed by atoms with Crippen molar-refractivity contribution < 1.29 is 9.13 Å². The Balaban J connectivity index is 2.39. The van der Waals surface area contributed by atoms with Crippen molar-refractivity contribution >= 4 is 5.82 Å². The predicted octanol–water partition coefficient (Wildman–Crippen LogP) is 2.18. The maximum atomic E-state index is 13.3. The van der Waals surface area contributed by atoms with Gasteiger partial charge < -0.3 is 10.5 Å². The van der Waals surface area contributed by atoms with Crippen molar-refractivity contribution in [2.75, 3.05) is 12.8 Å². The van der Waals surface area contributed by atoms with E-state index >= 15 is 0 Å². The summed E-state index contributed by atoms with van der Waals surface area (Å²) >= 11 is 0. The minimum atomic E-state index is -0.310. The quantitative estimate of drug-likeness (QED) is 0.919. The molecule has 0 fully saturated rings. The highest BCUT2D eigenvalue weighted by Crippen LogP contribution is 2.24. The number of methoxy groups -OCH3 is 1. The van der Waals surface area contributed by atoms with Gasteiger partial charge in [0, 0.05) is 5.56 Å². The first-order valence-electron chi connectivity index (χ1n) is 6.04. The third kappa shape index (κ3) is 2.67. The van der Waals surface area contributed by atoms with Gasteiger partial charge >= 0.3 is 0 Å². The summed E-state index contributed by atoms with van der Waals surface area (Å²) in [6.45, 7) is 4.39. The molecule has 5 nitrogen and oxygen atoms in total. The number of nitrogens with two attached hydrogens (primary N) is 1. The van der Waals surface area contributed by atoms with E-state index in [1.54, 1.807) is 17.9 Å². The van der Waals surface area contributed by atoms with Crippen LogP contribution in [-0.4, -0.2) is 22.1 Å². The number of hydrogen-bond donors (Lipinski definition) is 1. The molecule has 6 heteroatoms. The fraction of sp³-hybridized carbons (Fsp3) is 0.385. The van der Waals surface area contributed by atoms with Gasteiger partial charge in [-0.1, -0.05) is 19.1 Å². The second-order valence-corrected chi connectivity index (χ2v) is 4.63. The van der Waals surface area contributed by atoms with E-state index in [-0.39, 0.29) is 11.7 Å². The van der Waals surface area contributed by atoms with E-state index in [1.165, 1.54) is 12.1 Å². The molecule has 0 aliphatic rings. The summed E-state index contributed by atoms with van der Waals surface area (Å²) in [6.07, 6.45) is 0. The molecule has 0 saturated heterocycles. The lowest BCUT2D eigenvalue weighted by Crippen LogP contribution is -2.10. The third-order valence-electron chi connectivity index (χ3n) is 2.91. The number of benzene rings is 1. The molecule has 0 aliphatic carbocycles. The molecule has 0 bridgehead atoms. The first kappa shape index (κ1) is 13.3. The minimum absolute atomic E-state index is 0.189. The van der Waals surface area contributed by atoms with Crippen molar-refractivity contribution in [2.24, 2.45) is 0 Å². The summed E-state index contributed by atoms with van der Waals surface area (Å²) in [4.78, 5) is 0. The Morgan fingerprint density at radius 3 is 2.79 bits per heavy atom. The lowest BCUT2D eigenvalue weighted by molar-refractivity contribution is 0.405. The molecule has 2 rings (SSSR count). The van der Waals surface area contributed by atoms with Crippen LogP contribution in [0.3, 0.4) is 0 Å². The second-order valence-electron chi connectivity index (χ2n) is 4.63. The molecule has 0 aliphatic heterocycles. The molecule has 2 N–H and O–H groups in total. The van der Waals surface area contributed by atoms with Crippen LogP contribution >= 0.6 is 0 Å². The fourth-order valence-electron chi connectivity index (χ4n) is 2.08. The molecule has 1 heterocycles. The van der Waals surface area contributed by atoms with Crippen LogP contribution in [0.15, 0.2) is 18.2 Å². The van der Waals surface area contributed by atoms with Crippen LogP contribution in [0.5, 0.6) is 5.75 Å². The zero-order valence-electron chi connectivity index (χ0n) is 11.2. The molecule has 0 radical (unpaired) electrons. The predicted molar refractivity (Wildman–Crippen MR) is 70.6 cm³/mol. The van der Waals surface area contributed by atoms with E-state index in [0.717, 1.165) is 5.69 Å². The Morgan fingerprint density at radius 2 is 2.16 bits per heavy atom. The molecule has 0 spiro atoms. The molecular weight excluding hydrogens is 247 g/mol. The zero-order valence-corrected chi connectivity index (χ0v) is 11.2. The Hall–Kier alpha value is -2.11. The largest absolute Gasteiger partial charge is 0.496 e. The van der Waals surface area contributed by atoms with Crippen LogP contribution in [-0.2, 0) is 6.54 Å². The van der Waals surface area contributed by atoms with Crippen molar-refractivity contribution in [1.82, 2.24) is 15.0 Å². The minimum Gasteiger partial charge on any atom is -0.496 e. The second kappa shape index (κ2) is 5.26. The van der Waals surface area contributed by atoms with E-state index in [0.29, 0.717) is 23.7 Å². The lowest BCUT2D eigenvalue weighted by Gasteiger charge is -2.12. The van der Waals surface area contributed by atoms with Gasteiger partial charge in [0.05, 0.1) is 19.3 Å². The Bertz CT molecular complexity index is 580. The number of rotatable bonds is 4. The number of aromatic nitrogens is 3. The number of halogens is 1. The normalized spacial score (nSPS) is 11.0. The smallest absolute Gasteiger partial charge is 0.169 e. The monoisotopic (exact) mass is 264 g/mol. The Morgan fingerprint density at radius 1 is 1.42 bits per heavy atom. The van der Waals surface area contributed by atoms with Crippen molar-refractivity contribution in [3.05, 3.63) is 35.3 Å². The molecule has 19 heavy (non-hydrogen) atoms. The summed E-state index contributed by atoms with van der Waals surface area (Å²) < 4.78 is 20.2. The van der Waals surface area contributed by atoms with Gasteiger partial charge in [0.2, 0.25) is 0 Å². The average Bonchev–Trinajstić information content (AvgIpc) is 2.71. The van der Waals surface area contributed by atoms with Crippen LogP contribution in [0.1, 0.15) is 31.0 Å². The van der Waals surface area contributed by atoms with Crippen LogP contribution in [0, 0.1) is 5.82 Å². The first-order chi connectivity index (χ1) is 9.02. The summed E-state index contributed by atoms with van der Waals surface area (Å²) in [5.74, 6) is 0.903. The highest BCUT2D eigenvalue weighted by atomic mass is 19.1. The maximum absolute atomic E-state index is 13.3. The standard InChI is InChI=1S/C13H17FN4O/c1-8(2)12-13(15)16-17-18(12)7-9-6-10(14)4-5-11(9)19-3/h4-6,8H,7,15H2,1-3H3. The van der Waals surface area contributed by atoms with Crippen molar-refractivity contribution in [3.63, 3.8) is 0 Å². The van der Waals surface area contributed by atoms with Crippen molar-refractivity contribution in [1.29, 1.82) is 0 Å². The molecule has 0 unspecified atom stereocenters. The summed E-state index contributed by atoms with van der Waals surface area (Å²) in [5.41, 5.74) is 7.34. The fourth-order valence-corrected chi connectivity index (χ4v) is 2.08. The van der Waals surface area contributed by atoms with Gasteiger partial charge in [0.1, 0.15) is 11.6 Å². The molecule has 0 atom stereocenters. The SMILES string of the molecule is COc1ccc(F)cc1Cn1nnc(N)c1C(C)C. The Kier molecular flexibility index (Phi) is 3.69. The van der Waals surface area contributed by atoms with E-state index in [1.807, 2.05) is 13.8 Å². The number of nitrogen functional groups attached to an aromatic ring is 1. The Labute approximate surface area is 111 Å². The number of nitrogens with zero attached hydrogens (tertiary/aromatic N) is 3. The summed E-state index contributed by atoms with van der Waals surface area (Å²) in [6, 6.07) is 4.39. The van der Waals surface area contributed by atoms with Crippen LogP contribution in [0.2, 0.25) is 0 Å². The van der Waals surface area contributed by atoms with Gasteiger partial charge in [0.15, 0.2) is 5.82 Å². The van der Waals surface area contributed by atoms with Crippen molar-refractivity contribution in [2.45, 2.75) is 26.3 Å². The summed E-state index contributed by atoms with van der Waals surface area (Å²) in [7, 11) is 1.55. The number of hydrogen-bond acceptors (Lipinski definition) is 4. The van der Waals surface area contributed by atoms with E-state index in [4.69, 9.17) is 10.5 Å². The van der Waals surface area contributed by atoms with Gasteiger partial charge in [0.25, 0.3) is 0 Å². The van der Waals surface area contributed by atoms with Gasteiger partial charge in [-0.3, -0.25) is 0 Å². The van der Waals surface area contributed by atoms with Gasteiger partial charge in [-0.15, -0.1) is 5.10 Å².